The molecule has 0 saturated heterocycles. The molecule has 2 aromatic rings. The van der Waals surface area contributed by atoms with Crippen molar-refractivity contribution in [3.63, 3.8) is 0 Å². The van der Waals surface area contributed by atoms with Crippen LogP contribution in [0.1, 0.15) is 12.7 Å². The van der Waals surface area contributed by atoms with Crippen molar-refractivity contribution >= 4 is 22.6 Å². The van der Waals surface area contributed by atoms with Gasteiger partial charge in [0.15, 0.2) is 0 Å². The first kappa shape index (κ1) is 12.6. The average Bonchev–Trinajstić information content (AvgIpc) is 2.78. The molecule has 0 fully saturated rings. The molecule has 1 N–H and O–H groups in total. The van der Waals surface area contributed by atoms with Crippen molar-refractivity contribution < 1.29 is 4.42 Å². The van der Waals surface area contributed by atoms with Gasteiger partial charge in [0.1, 0.15) is 11.5 Å². The fourth-order valence-electron chi connectivity index (χ4n) is 1.70. The zero-order valence-corrected chi connectivity index (χ0v) is 12.2. The Morgan fingerprint density at radius 1 is 1.24 bits per heavy atom. The Bertz CT molecular complexity index is 492. The fourth-order valence-corrected chi connectivity index (χ4v) is 2.35. The third-order valence-electron chi connectivity index (χ3n) is 2.80. The molecular formula is C14H16INO. The molecule has 0 amide bonds. The maximum absolute atomic E-state index is 5.88. The third kappa shape index (κ3) is 3.10. The van der Waals surface area contributed by atoms with E-state index in [9.17, 15) is 0 Å². The van der Waals surface area contributed by atoms with Crippen LogP contribution in [0.25, 0.3) is 11.3 Å². The van der Waals surface area contributed by atoms with E-state index in [1.54, 1.807) is 0 Å². The Kier molecular flexibility index (Phi) is 4.23. The van der Waals surface area contributed by atoms with Gasteiger partial charge in [0.2, 0.25) is 0 Å². The summed E-state index contributed by atoms with van der Waals surface area (Å²) in [6.45, 7) is 2.15. The van der Waals surface area contributed by atoms with E-state index in [0.717, 1.165) is 23.5 Å². The number of hydrogen-bond acceptors (Lipinski definition) is 2. The van der Waals surface area contributed by atoms with Crippen LogP contribution >= 0.6 is 22.6 Å². The van der Waals surface area contributed by atoms with Crippen LogP contribution in [0.15, 0.2) is 40.8 Å². The van der Waals surface area contributed by atoms with E-state index < -0.39 is 0 Å². The van der Waals surface area contributed by atoms with Crippen LogP contribution in [0.2, 0.25) is 0 Å². The Hall–Kier alpha value is -0.810. The summed E-state index contributed by atoms with van der Waals surface area (Å²) in [5.74, 6) is 1.98. The molecule has 1 atom stereocenters. The maximum Gasteiger partial charge on any atom is 0.135 e. The molecule has 0 aliphatic rings. The zero-order valence-electron chi connectivity index (χ0n) is 10.0. The largest absolute Gasteiger partial charge is 0.461 e. The van der Waals surface area contributed by atoms with Crippen LogP contribution in [0.3, 0.4) is 0 Å². The van der Waals surface area contributed by atoms with E-state index in [-0.39, 0.29) is 0 Å². The van der Waals surface area contributed by atoms with Crippen molar-refractivity contribution in [1.82, 2.24) is 5.32 Å². The van der Waals surface area contributed by atoms with E-state index in [0.29, 0.717) is 6.04 Å². The normalized spacial score (nSPS) is 12.6. The van der Waals surface area contributed by atoms with Crippen LogP contribution < -0.4 is 5.32 Å². The summed E-state index contributed by atoms with van der Waals surface area (Å²) in [6.07, 6.45) is 0.917. The van der Waals surface area contributed by atoms with Crippen molar-refractivity contribution in [1.29, 1.82) is 0 Å². The van der Waals surface area contributed by atoms with Gasteiger partial charge in [0.05, 0.1) is 0 Å². The Labute approximate surface area is 116 Å². The molecule has 0 saturated carbocycles. The molecule has 3 heteroatoms. The lowest BCUT2D eigenvalue weighted by Gasteiger charge is -2.07. The summed E-state index contributed by atoms with van der Waals surface area (Å²) in [5.41, 5.74) is 1.16. The Balaban J connectivity index is 2.21. The van der Waals surface area contributed by atoms with Gasteiger partial charge < -0.3 is 9.73 Å². The molecule has 1 aromatic heterocycles. The minimum atomic E-state index is 0.434. The molecular weight excluding hydrogens is 325 g/mol. The van der Waals surface area contributed by atoms with Crippen molar-refractivity contribution in [2.75, 3.05) is 7.05 Å². The first-order valence-electron chi connectivity index (χ1n) is 5.71. The smallest absolute Gasteiger partial charge is 0.135 e. The predicted molar refractivity (Wildman–Crippen MR) is 79.1 cm³/mol. The molecule has 2 nitrogen and oxygen atoms in total. The highest BCUT2D eigenvalue weighted by molar-refractivity contribution is 14.1. The van der Waals surface area contributed by atoms with Gasteiger partial charge in [-0.05, 0) is 54.8 Å². The molecule has 90 valence electrons. The van der Waals surface area contributed by atoms with Gasteiger partial charge in [-0.1, -0.05) is 18.2 Å². The minimum absolute atomic E-state index is 0.434. The second-order valence-electron chi connectivity index (χ2n) is 4.14. The minimum Gasteiger partial charge on any atom is -0.461 e. The van der Waals surface area contributed by atoms with Gasteiger partial charge in [-0.25, -0.2) is 0 Å². The molecule has 17 heavy (non-hydrogen) atoms. The van der Waals surface area contributed by atoms with Crippen molar-refractivity contribution in [3.8, 4) is 11.3 Å². The van der Waals surface area contributed by atoms with Gasteiger partial charge in [-0.3, -0.25) is 0 Å². The van der Waals surface area contributed by atoms with Crippen molar-refractivity contribution in [2.45, 2.75) is 19.4 Å². The highest BCUT2D eigenvalue weighted by Gasteiger charge is 2.09. The third-order valence-corrected chi connectivity index (χ3v) is 3.74. The number of benzene rings is 1. The summed E-state index contributed by atoms with van der Waals surface area (Å²) in [5, 5.41) is 3.21. The quantitative estimate of drug-likeness (QED) is 0.858. The molecule has 1 aromatic carbocycles. The van der Waals surface area contributed by atoms with Gasteiger partial charge in [0, 0.05) is 21.6 Å². The number of furan rings is 1. The summed E-state index contributed by atoms with van der Waals surface area (Å²) >= 11 is 2.33. The molecule has 0 radical (unpaired) electrons. The zero-order chi connectivity index (χ0) is 12.3. The Morgan fingerprint density at radius 2 is 2.00 bits per heavy atom. The molecule has 0 aliphatic carbocycles. The maximum atomic E-state index is 5.88. The van der Waals surface area contributed by atoms with Crippen molar-refractivity contribution in [3.05, 3.63) is 45.7 Å². The van der Waals surface area contributed by atoms with Crippen LogP contribution in [0, 0.1) is 3.57 Å². The summed E-state index contributed by atoms with van der Waals surface area (Å²) < 4.78 is 7.09. The van der Waals surface area contributed by atoms with Gasteiger partial charge in [-0.15, -0.1) is 0 Å². The van der Waals surface area contributed by atoms with Gasteiger partial charge in [0.25, 0.3) is 0 Å². The first-order valence-corrected chi connectivity index (χ1v) is 6.79. The molecule has 1 unspecified atom stereocenters. The van der Waals surface area contributed by atoms with Gasteiger partial charge in [-0.2, -0.15) is 0 Å². The number of hydrogen-bond donors (Lipinski definition) is 1. The molecule has 0 bridgehead atoms. The van der Waals surface area contributed by atoms with E-state index in [1.807, 2.05) is 19.2 Å². The number of halogens is 1. The lowest BCUT2D eigenvalue weighted by molar-refractivity contribution is 0.481. The van der Waals surface area contributed by atoms with Crippen LogP contribution in [0.5, 0.6) is 0 Å². The van der Waals surface area contributed by atoms with Crippen LogP contribution in [-0.2, 0) is 6.42 Å². The monoisotopic (exact) mass is 341 g/mol. The van der Waals surface area contributed by atoms with E-state index in [1.165, 1.54) is 3.57 Å². The highest BCUT2D eigenvalue weighted by atomic mass is 127. The van der Waals surface area contributed by atoms with E-state index >= 15 is 0 Å². The molecule has 0 aliphatic heterocycles. The molecule has 0 spiro atoms. The summed E-state index contributed by atoms with van der Waals surface area (Å²) in [6, 6.07) is 12.8. The van der Waals surface area contributed by atoms with Gasteiger partial charge >= 0.3 is 0 Å². The number of rotatable bonds is 4. The topological polar surface area (TPSA) is 25.2 Å². The highest BCUT2D eigenvalue weighted by Crippen LogP contribution is 2.27. The summed E-state index contributed by atoms with van der Waals surface area (Å²) in [7, 11) is 1.97. The van der Waals surface area contributed by atoms with E-state index in [4.69, 9.17) is 4.42 Å². The molecule has 2 rings (SSSR count). The van der Waals surface area contributed by atoms with Crippen molar-refractivity contribution in [2.24, 2.45) is 0 Å². The second kappa shape index (κ2) is 5.69. The molecule has 1 heterocycles. The second-order valence-corrected chi connectivity index (χ2v) is 5.30. The number of likely N-dealkylation sites (N-methyl/N-ethyl adjacent to an activating group) is 1. The lowest BCUT2D eigenvalue weighted by Crippen LogP contribution is -2.23. The predicted octanol–water partition coefficient (Wildman–Crippen LogP) is 3.70. The average molecular weight is 341 g/mol. The first-order chi connectivity index (χ1) is 8.20. The van der Waals surface area contributed by atoms with E-state index in [2.05, 4.69) is 59.1 Å². The SMILES string of the molecule is CNC(C)Cc1ccc(-c2ccccc2I)o1. The summed E-state index contributed by atoms with van der Waals surface area (Å²) in [4.78, 5) is 0. The Morgan fingerprint density at radius 3 is 2.71 bits per heavy atom. The number of nitrogens with one attached hydrogen (secondary N) is 1. The lowest BCUT2D eigenvalue weighted by atomic mass is 10.2. The standard InChI is InChI=1S/C14H16INO/c1-10(16-2)9-11-7-8-14(17-11)12-5-3-4-6-13(12)15/h3-8,10,16H,9H2,1-2H3. The van der Waals surface area contributed by atoms with Crippen LogP contribution in [-0.4, -0.2) is 13.1 Å². The van der Waals surface area contributed by atoms with Crippen LogP contribution in [0.4, 0.5) is 0 Å². The fraction of sp³-hybridized carbons (Fsp3) is 0.286.